The first kappa shape index (κ1) is 15.4. The summed E-state index contributed by atoms with van der Waals surface area (Å²) >= 11 is 5.82. The minimum Gasteiger partial charge on any atom is -0.321 e. The lowest BCUT2D eigenvalue weighted by Gasteiger charge is -2.11. The molecule has 0 bridgehead atoms. The van der Waals surface area contributed by atoms with Crippen molar-refractivity contribution in [1.29, 1.82) is 0 Å². The Morgan fingerprint density at radius 2 is 1.71 bits per heavy atom. The van der Waals surface area contributed by atoms with E-state index < -0.39 is 17.6 Å². The molecule has 0 aliphatic heterocycles. The zero-order valence-electron chi connectivity index (χ0n) is 11.0. The zero-order valence-corrected chi connectivity index (χ0v) is 11.7. The molecule has 0 aliphatic rings. The highest BCUT2D eigenvalue weighted by molar-refractivity contribution is 6.34. The Morgan fingerprint density at radius 1 is 1.10 bits per heavy atom. The van der Waals surface area contributed by atoms with Crippen LogP contribution in [-0.2, 0) is 6.18 Å². The van der Waals surface area contributed by atoms with Gasteiger partial charge < -0.3 is 5.32 Å². The lowest BCUT2D eigenvalue weighted by molar-refractivity contribution is -0.137. The van der Waals surface area contributed by atoms with Gasteiger partial charge in [0.15, 0.2) is 0 Å². The smallest absolute Gasteiger partial charge is 0.321 e. The van der Waals surface area contributed by atoms with Crippen LogP contribution in [0.25, 0.3) is 0 Å². The maximum Gasteiger partial charge on any atom is 0.416 e. The molecular weight excluding hydrogens is 303 g/mol. The normalized spacial score (nSPS) is 11.3. The molecule has 2 aromatic rings. The van der Waals surface area contributed by atoms with Gasteiger partial charge in [-0.05, 0) is 37.3 Å². The number of halogens is 4. The first-order valence-electron chi connectivity index (χ1n) is 6.02. The quantitative estimate of drug-likeness (QED) is 0.837. The van der Waals surface area contributed by atoms with Crippen LogP contribution in [0.15, 0.2) is 42.5 Å². The molecule has 0 aromatic heterocycles. The van der Waals surface area contributed by atoms with E-state index in [9.17, 15) is 18.0 Å². The number of hydrogen-bond donors (Lipinski definition) is 1. The van der Waals surface area contributed by atoms with E-state index in [0.717, 1.165) is 23.8 Å². The van der Waals surface area contributed by atoms with Crippen LogP contribution in [0.3, 0.4) is 0 Å². The number of carbonyl (C=O) groups is 1. The Morgan fingerprint density at radius 3 is 2.29 bits per heavy atom. The standard InChI is InChI=1S/C15H11ClF3NO/c1-9-2-4-10(5-3-9)14(21)20-13-8-11(15(17,18)19)6-7-12(13)16/h2-8H,1H3,(H,20,21). The van der Waals surface area contributed by atoms with E-state index in [0.29, 0.717) is 5.56 Å². The van der Waals surface area contributed by atoms with Gasteiger partial charge in [-0.1, -0.05) is 29.3 Å². The number of amides is 1. The van der Waals surface area contributed by atoms with Crippen molar-refractivity contribution >= 4 is 23.2 Å². The number of nitrogens with one attached hydrogen (secondary N) is 1. The molecule has 0 unspecified atom stereocenters. The van der Waals surface area contributed by atoms with Crippen LogP contribution in [0, 0.1) is 6.92 Å². The predicted molar refractivity (Wildman–Crippen MR) is 75.6 cm³/mol. The van der Waals surface area contributed by atoms with Crippen molar-refractivity contribution < 1.29 is 18.0 Å². The van der Waals surface area contributed by atoms with Crippen molar-refractivity contribution in [3.8, 4) is 0 Å². The number of aryl methyl sites for hydroxylation is 1. The molecule has 1 N–H and O–H groups in total. The second kappa shape index (κ2) is 5.77. The number of hydrogen-bond acceptors (Lipinski definition) is 1. The molecule has 110 valence electrons. The van der Waals surface area contributed by atoms with E-state index in [4.69, 9.17) is 11.6 Å². The summed E-state index contributed by atoms with van der Waals surface area (Å²) in [4.78, 5) is 12.0. The molecule has 2 rings (SSSR count). The van der Waals surface area contributed by atoms with E-state index in [2.05, 4.69) is 5.32 Å². The molecule has 0 saturated carbocycles. The Labute approximate surface area is 124 Å². The number of alkyl halides is 3. The summed E-state index contributed by atoms with van der Waals surface area (Å²) in [5, 5.41) is 2.43. The molecule has 0 radical (unpaired) electrons. The minimum absolute atomic E-state index is 0.0449. The summed E-state index contributed by atoms with van der Waals surface area (Å²) < 4.78 is 37.9. The van der Waals surface area contributed by atoms with Gasteiger partial charge in [0.2, 0.25) is 0 Å². The maximum atomic E-state index is 12.6. The Hall–Kier alpha value is -2.01. The lowest BCUT2D eigenvalue weighted by atomic mass is 10.1. The third kappa shape index (κ3) is 3.76. The van der Waals surface area contributed by atoms with Gasteiger partial charge in [-0.2, -0.15) is 13.2 Å². The van der Waals surface area contributed by atoms with E-state index in [-0.39, 0.29) is 10.7 Å². The van der Waals surface area contributed by atoms with Crippen molar-refractivity contribution in [2.45, 2.75) is 13.1 Å². The fourth-order valence-corrected chi connectivity index (χ4v) is 1.86. The Balaban J connectivity index is 2.26. The summed E-state index contributed by atoms with van der Waals surface area (Å²) in [6, 6.07) is 9.44. The number of anilines is 1. The number of rotatable bonds is 2. The van der Waals surface area contributed by atoms with Crippen LogP contribution in [0.4, 0.5) is 18.9 Å². The summed E-state index contributed by atoms with van der Waals surface area (Å²) in [5.41, 5.74) is 0.376. The fourth-order valence-electron chi connectivity index (χ4n) is 1.70. The molecule has 2 nitrogen and oxygen atoms in total. The van der Waals surface area contributed by atoms with Crippen LogP contribution >= 0.6 is 11.6 Å². The molecule has 0 spiro atoms. The highest BCUT2D eigenvalue weighted by atomic mass is 35.5. The SMILES string of the molecule is Cc1ccc(C(=O)Nc2cc(C(F)(F)F)ccc2Cl)cc1. The fraction of sp³-hybridized carbons (Fsp3) is 0.133. The average molecular weight is 314 g/mol. The summed E-state index contributed by atoms with van der Waals surface area (Å²) in [7, 11) is 0. The largest absolute Gasteiger partial charge is 0.416 e. The molecule has 6 heteroatoms. The lowest BCUT2D eigenvalue weighted by Crippen LogP contribution is -2.13. The predicted octanol–water partition coefficient (Wildman–Crippen LogP) is 4.92. The second-order valence-corrected chi connectivity index (χ2v) is 4.92. The first-order valence-corrected chi connectivity index (χ1v) is 6.40. The summed E-state index contributed by atoms with van der Waals surface area (Å²) in [5.74, 6) is -0.517. The van der Waals surface area contributed by atoms with Crippen LogP contribution < -0.4 is 5.32 Å². The molecule has 1 amide bonds. The molecule has 2 aromatic carbocycles. The third-order valence-corrected chi connectivity index (χ3v) is 3.19. The van der Waals surface area contributed by atoms with E-state index in [1.54, 1.807) is 24.3 Å². The highest BCUT2D eigenvalue weighted by Gasteiger charge is 2.31. The van der Waals surface area contributed by atoms with E-state index >= 15 is 0 Å². The third-order valence-electron chi connectivity index (χ3n) is 2.86. The second-order valence-electron chi connectivity index (χ2n) is 4.51. The van der Waals surface area contributed by atoms with Crippen molar-refractivity contribution in [2.75, 3.05) is 5.32 Å². The van der Waals surface area contributed by atoms with Gasteiger partial charge in [-0.25, -0.2) is 0 Å². The van der Waals surface area contributed by atoms with Gasteiger partial charge >= 0.3 is 6.18 Å². The molecule has 0 heterocycles. The van der Waals surface area contributed by atoms with Crippen LogP contribution in [-0.4, -0.2) is 5.91 Å². The molecule has 0 fully saturated rings. The van der Waals surface area contributed by atoms with E-state index in [1.807, 2.05) is 6.92 Å². The monoisotopic (exact) mass is 313 g/mol. The van der Waals surface area contributed by atoms with Gasteiger partial charge in [-0.15, -0.1) is 0 Å². The van der Waals surface area contributed by atoms with Gasteiger partial charge in [0.25, 0.3) is 5.91 Å². The van der Waals surface area contributed by atoms with Gasteiger partial charge in [-0.3, -0.25) is 4.79 Å². The van der Waals surface area contributed by atoms with Crippen molar-refractivity contribution in [3.05, 3.63) is 64.2 Å². The molecule has 0 saturated heterocycles. The zero-order chi connectivity index (χ0) is 15.6. The summed E-state index contributed by atoms with van der Waals surface area (Å²) in [6.45, 7) is 1.87. The molecular formula is C15H11ClF3NO. The van der Waals surface area contributed by atoms with Crippen molar-refractivity contribution in [3.63, 3.8) is 0 Å². The molecule has 21 heavy (non-hydrogen) atoms. The average Bonchev–Trinajstić information content (AvgIpc) is 2.40. The van der Waals surface area contributed by atoms with E-state index in [1.165, 1.54) is 0 Å². The highest BCUT2D eigenvalue weighted by Crippen LogP contribution is 2.33. The Kier molecular flexibility index (Phi) is 4.23. The topological polar surface area (TPSA) is 29.1 Å². The van der Waals surface area contributed by atoms with Crippen molar-refractivity contribution in [1.82, 2.24) is 0 Å². The van der Waals surface area contributed by atoms with Crippen LogP contribution in [0.2, 0.25) is 5.02 Å². The van der Waals surface area contributed by atoms with Gasteiger partial charge in [0.1, 0.15) is 0 Å². The molecule has 0 atom stereocenters. The molecule has 0 aliphatic carbocycles. The first-order chi connectivity index (χ1) is 9.77. The van der Waals surface area contributed by atoms with Crippen LogP contribution in [0.1, 0.15) is 21.5 Å². The maximum absolute atomic E-state index is 12.6. The van der Waals surface area contributed by atoms with Crippen molar-refractivity contribution in [2.24, 2.45) is 0 Å². The number of carbonyl (C=O) groups excluding carboxylic acids is 1. The van der Waals surface area contributed by atoms with Crippen LogP contribution in [0.5, 0.6) is 0 Å². The minimum atomic E-state index is -4.49. The number of benzene rings is 2. The van der Waals surface area contributed by atoms with Gasteiger partial charge in [0.05, 0.1) is 16.3 Å². The summed E-state index contributed by atoms with van der Waals surface area (Å²) in [6.07, 6.45) is -4.49. The van der Waals surface area contributed by atoms with Gasteiger partial charge in [0, 0.05) is 5.56 Å². The Bertz CT molecular complexity index is 666.